The van der Waals surface area contributed by atoms with Crippen LogP contribution in [0.2, 0.25) is 0 Å². The number of imidazole rings is 1. The maximum atomic E-state index is 10.4. The molecule has 2 aromatic carbocycles. The molecule has 5 rings (SSSR count). The molecule has 0 saturated carbocycles. The summed E-state index contributed by atoms with van der Waals surface area (Å²) < 4.78 is 8.15. The summed E-state index contributed by atoms with van der Waals surface area (Å²) in [7, 11) is 2.00. The first-order valence-corrected chi connectivity index (χ1v) is 9.18. The minimum atomic E-state index is -0.454. The normalized spacial score (nSPS) is 17.3. The molecule has 0 spiro atoms. The molecule has 0 radical (unpaired) electrons. The van der Waals surface area contributed by atoms with Crippen LogP contribution in [0.25, 0.3) is 22.6 Å². The molecule has 0 unspecified atom stereocenters. The van der Waals surface area contributed by atoms with E-state index in [2.05, 4.69) is 21.6 Å². The standard InChI is InChI=1S/C22H21N3O2/c1-24-19-9-5-4-8-18(19)23-22(24)21-11-10-16(27-21)13-25-12-15-6-2-3-7-17(15)20(26)14-25/h2-11,20,26H,12-14H2,1H3/t20-/m0/s1. The molecule has 0 bridgehead atoms. The average molecular weight is 359 g/mol. The molecule has 27 heavy (non-hydrogen) atoms. The topological polar surface area (TPSA) is 54.4 Å². The third-order valence-electron chi connectivity index (χ3n) is 5.29. The van der Waals surface area contributed by atoms with E-state index in [1.165, 1.54) is 5.56 Å². The summed E-state index contributed by atoms with van der Waals surface area (Å²) in [6, 6.07) is 20.1. The number of hydrogen-bond acceptors (Lipinski definition) is 4. The highest BCUT2D eigenvalue weighted by atomic mass is 16.3. The highest BCUT2D eigenvalue weighted by Crippen LogP contribution is 2.29. The number of aliphatic hydroxyl groups is 1. The number of aromatic nitrogens is 2. The minimum Gasteiger partial charge on any atom is -0.456 e. The van der Waals surface area contributed by atoms with E-state index in [1.807, 2.05) is 55.6 Å². The van der Waals surface area contributed by atoms with Crippen LogP contribution in [0.5, 0.6) is 0 Å². The summed E-state index contributed by atoms with van der Waals surface area (Å²) in [5.41, 5.74) is 4.26. The second-order valence-electron chi connectivity index (χ2n) is 7.13. The van der Waals surface area contributed by atoms with Gasteiger partial charge in [0.25, 0.3) is 0 Å². The fourth-order valence-corrected chi connectivity index (χ4v) is 3.94. The number of furan rings is 1. The van der Waals surface area contributed by atoms with E-state index in [0.717, 1.165) is 40.5 Å². The minimum absolute atomic E-state index is 0.454. The van der Waals surface area contributed by atoms with Crippen molar-refractivity contribution in [1.82, 2.24) is 14.5 Å². The highest BCUT2D eigenvalue weighted by molar-refractivity contribution is 5.79. The van der Waals surface area contributed by atoms with Crippen LogP contribution in [0, 0.1) is 0 Å². The van der Waals surface area contributed by atoms with Gasteiger partial charge in [0.1, 0.15) is 5.76 Å². The molecule has 1 N–H and O–H groups in total. The Morgan fingerprint density at radius 1 is 1.07 bits per heavy atom. The number of benzene rings is 2. The first-order chi connectivity index (χ1) is 13.2. The van der Waals surface area contributed by atoms with E-state index in [1.54, 1.807) is 0 Å². The molecule has 0 aliphatic carbocycles. The fraction of sp³-hybridized carbons (Fsp3) is 0.227. The van der Waals surface area contributed by atoms with Crippen molar-refractivity contribution in [3.63, 3.8) is 0 Å². The monoisotopic (exact) mass is 359 g/mol. The molecular formula is C22H21N3O2. The highest BCUT2D eigenvalue weighted by Gasteiger charge is 2.24. The summed E-state index contributed by atoms with van der Waals surface area (Å²) in [6.45, 7) is 2.09. The Balaban J connectivity index is 1.39. The Morgan fingerprint density at radius 2 is 1.89 bits per heavy atom. The van der Waals surface area contributed by atoms with E-state index in [9.17, 15) is 5.11 Å². The van der Waals surface area contributed by atoms with Crippen LogP contribution in [-0.4, -0.2) is 26.1 Å². The summed E-state index contributed by atoms with van der Waals surface area (Å²) in [6.07, 6.45) is -0.454. The summed E-state index contributed by atoms with van der Waals surface area (Å²) in [4.78, 5) is 6.91. The van der Waals surface area contributed by atoms with E-state index < -0.39 is 6.10 Å². The molecule has 5 nitrogen and oxygen atoms in total. The molecule has 5 heteroatoms. The van der Waals surface area contributed by atoms with Gasteiger partial charge in [0.05, 0.1) is 23.7 Å². The van der Waals surface area contributed by atoms with Crippen LogP contribution in [0.3, 0.4) is 0 Å². The van der Waals surface area contributed by atoms with Crippen molar-refractivity contribution >= 4 is 11.0 Å². The largest absolute Gasteiger partial charge is 0.456 e. The number of fused-ring (bicyclic) bond motifs is 2. The van der Waals surface area contributed by atoms with Gasteiger partial charge in [0.2, 0.25) is 0 Å². The smallest absolute Gasteiger partial charge is 0.176 e. The Labute approximate surface area is 157 Å². The first kappa shape index (κ1) is 16.3. The Morgan fingerprint density at radius 3 is 2.78 bits per heavy atom. The molecule has 136 valence electrons. The van der Waals surface area contributed by atoms with Gasteiger partial charge in [0.15, 0.2) is 11.6 Å². The van der Waals surface area contributed by atoms with Crippen LogP contribution in [0.1, 0.15) is 23.0 Å². The van der Waals surface area contributed by atoms with Crippen molar-refractivity contribution < 1.29 is 9.52 Å². The number of rotatable bonds is 3. The van der Waals surface area contributed by atoms with E-state index >= 15 is 0 Å². The van der Waals surface area contributed by atoms with Gasteiger partial charge in [0, 0.05) is 20.1 Å². The average Bonchev–Trinajstić information content (AvgIpc) is 3.27. The van der Waals surface area contributed by atoms with Crippen LogP contribution in [0.15, 0.2) is 65.1 Å². The molecule has 1 aliphatic heterocycles. The molecule has 1 aliphatic rings. The zero-order valence-electron chi connectivity index (χ0n) is 15.2. The predicted octanol–water partition coefficient (Wildman–Crippen LogP) is 3.88. The summed E-state index contributed by atoms with van der Waals surface area (Å²) >= 11 is 0. The zero-order chi connectivity index (χ0) is 18.4. The number of nitrogens with zero attached hydrogens (tertiary/aromatic N) is 3. The van der Waals surface area contributed by atoms with Gasteiger partial charge < -0.3 is 14.1 Å². The van der Waals surface area contributed by atoms with Crippen LogP contribution in [-0.2, 0) is 20.1 Å². The maximum absolute atomic E-state index is 10.4. The number of aryl methyl sites for hydroxylation is 1. The molecule has 4 aromatic rings. The third kappa shape index (κ3) is 2.85. The zero-order valence-corrected chi connectivity index (χ0v) is 15.2. The molecular weight excluding hydrogens is 338 g/mol. The van der Waals surface area contributed by atoms with Crippen molar-refractivity contribution in [2.75, 3.05) is 6.54 Å². The van der Waals surface area contributed by atoms with Gasteiger partial charge in [-0.25, -0.2) is 4.98 Å². The van der Waals surface area contributed by atoms with Crippen LogP contribution in [0.4, 0.5) is 0 Å². The van der Waals surface area contributed by atoms with Gasteiger partial charge in [-0.15, -0.1) is 0 Å². The van der Waals surface area contributed by atoms with Crippen molar-refractivity contribution in [3.8, 4) is 11.6 Å². The van der Waals surface area contributed by atoms with Crippen molar-refractivity contribution in [3.05, 3.63) is 77.6 Å². The van der Waals surface area contributed by atoms with Gasteiger partial charge in [-0.2, -0.15) is 0 Å². The SMILES string of the molecule is Cn1c(-c2ccc(CN3Cc4ccccc4[C@@H](O)C3)o2)nc2ccccc21. The Hall–Kier alpha value is -2.89. The van der Waals surface area contributed by atoms with Crippen molar-refractivity contribution in [1.29, 1.82) is 0 Å². The summed E-state index contributed by atoms with van der Waals surface area (Å²) in [5, 5.41) is 10.4. The van der Waals surface area contributed by atoms with Crippen molar-refractivity contribution in [2.24, 2.45) is 7.05 Å². The predicted molar refractivity (Wildman–Crippen MR) is 104 cm³/mol. The maximum Gasteiger partial charge on any atom is 0.176 e. The Bertz CT molecular complexity index is 1110. The van der Waals surface area contributed by atoms with Crippen LogP contribution >= 0.6 is 0 Å². The lowest BCUT2D eigenvalue weighted by molar-refractivity contribution is 0.0842. The van der Waals surface area contributed by atoms with Gasteiger partial charge in [-0.3, -0.25) is 4.90 Å². The number of hydrogen-bond donors (Lipinski definition) is 1. The number of para-hydroxylation sites is 2. The number of β-amino-alcohol motifs (C(OH)–C–C–N with tert-alkyl or cyclic N) is 1. The van der Waals surface area contributed by atoms with E-state index in [-0.39, 0.29) is 0 Å². The molecule has 0 fully saturated rings. The molecule has 1 atom stereocenters. The van der Waals surface area contributed by atoms with E-state index in [4.69, 9.17) is 9.40 Å². The third-order valence-corrected chi connectivity index (χ3v) is 5.29. The molecule has 0 amide bonds. The second-order valence-corrected chi connectivity index (χ2v) is 7.13. The number of aliphatic hydroxyl groups excluding tert-OH is 1. The Kier molecular flexibility index (Phi) is 3.85. The molecule has 0 saturated heterocycles. The van der Waals surface area contributed by atoms with Gasteiger partial charge >= 0.3 is 0 Å². The van der Waals surface area contributed by atoms with Gasteiger partial charge in [-0.05, 0) is 35.4 Å². The fourth-order valence-electron chi connectivity index (χ4n) is 3.94. The lowest BCUT2D eigenvalue weighted by Crippen LogP contribution is -2.32. The van der Waals surface area contributed by atoms with Gasteiger partial charge in [-0.1, -0.05) is 36.4 Å². The molecule has 2 aromatic heterocycles. The van der Waals surface area contributed by atoms with Crippen LogP contribution < -0.4 is 0 Å². The lowest BCUT2D eigenvalue weighted by atomic mass is 9.97. The second kappa shape index (κ2) is 6.37. The van der Waals surface area contributed by atoms with Crippen molar-refractivity contribution in [2.45, 2.75) is 19.2 Å². The quantitative estimate of drug-likeness (QED) is 0.603. The van der Waals surface area contributed by atoms with E-state index in [0.29, 0.717) is 13.1 Å². The first-order valence-electron chi connectivity index (χ1n) is 9.18. The molecule has 3 heterocycles. The summed E-state index contributed by atoms with van der Waals surface area (Å²) in [5.74, 6) is 2.47. The lowest BCUT2D eigenvalue weighted by Gasteiger charge is -2.31.